The number of carbonyl (C=O) groups is 2. The number of carbonyl (C=O) groups excluding carboxylic acids is 2. The Labute approximate surface area is 123 Å². The fourth-order valence-electron chi connectivity index (χ4n) is 2.64. The number of ketones is 1. The van der Waals surface area contributed by atoms with Gasteiger partial charge in [0.15, 0.2) is 5.78 Å². The third-order valence-corrected chi connectivity index (χ3v) is 3.83. The van der Waals surface area contributed by atoms with Crippen LogP contribution in [0.25, 0.3) is 0 Å². The molecular weight excluding hydrogens is 264 g/mol. The predicted molar refractivity (Wildman–Crippen MR) is 82.5 cm³/mol. The third-order valence-electron chi connectivity index (χ3n) is 3.83. The van der Waals surface area contributed by atoms with E-state index < -0.39 is 0 Å². The van der Waals surface area contributed by atoms with E-state index in [0.717, 1.165) is 11.3 Å². The highest BCUT2D eigenvalue weighted by atomic mass is 16.2. The molecule has 0 saturated heterocycles. The first-order chi connectivity index (χ1) is 10.1. The van der Waals surface area contributed by atoms with Crippen molar-refractivity contribution in [1.82, 2.24) is 0 Å². The molecule has 0 spiro atoms. The topological polar surface area (TPSA) is 63.4 Å². The van der Waals surface area contributed by atoms with E-state index in [4.69, 9.17) is 5.73 Å². The molecular formula is C17H16N2O2. The van der Waals surface area contributed by atoms with Crippen molar-refractivity contribution in [3.63, 3.8) is 0 Å². The number of nitrogens with two attached hydrogens (primary N) is 1. The van der Waals surface area contributed by atoms with E-state index in [0.29, 0.717) is 29.7 Å². The molecule has 0 atom stereocenters. The smallest absolute Gasteiger partial charge is 0.227 e. The molecule has 4 nitrogen and oxygen atoms in total. The second-order valence-corrected chi connectivity index (χ2v) is 5.25. The quantitative estimate of drug-likeness (QED) is 0.678. The maximum atomic E-state index is 12.5. The number of anilines is 2. The van der Waals surface area contributed by atoms with Crippen LogP contribution in [0, 0.1) is 0 Å². The molecule has 21 heavy (non-hydrogen) atoms. The molecule has 1 amide bonds. The molecule has 3 rings (SSSR count). The van der Waals surface area contributed by atoms with Crippen LogP contribution in [0.3, 0.4) is 0 Å². The van der Waals surface area contributed by atoms with Crippen molar-refractivity contribution in [2.24, 2.45) is 0 Å². The van der Waals surface area contributed by atoms with Crippen LogP contribution < -0.4 is 10.6 Å². The van der Waals surface area contributed by atoms with E-state index in [9.17, 15) is 9.59 Å². The summed E-state index contributed by atoms with van der Waals surface area (Å²) in [6.45, 7) is 0. The van der Waals surface area contributed by atoms with E-state index in [1.165, 1.54) is 0 Å². The molecule has 0 fully saturated rings. The summed E-state index contributed by atoms with van der Waals surface area (Å²) in [5.74, 6) is 0.0575. The number of rotatable bonds is 2. The van der Waals surface area contributed by atoms with E-state index in [-0.39, 0.29) is 11.7 Å². The van der Waals surface area contributed by atoms with Gasteiger partial charge in [0.05, 0.1) is 0 Å². The largest absolute Gasteiger partial charge is 0.399 e. The minimum atomic E-state index is -0.0512. The van der Waals surface area contributed by atoms with Crippen LogP contribution >= 0.6 is 0 Å². The maximum absolute atomic E-state index is 12.5. The normalized spacial score (nSPS) is 14.0. The molecule has 0 bridgehead atoms. The van der Waals surface area contributed by atoms with Crippen LogP contribution in [0.5, 0.6) is 0 Å². The van der Waals surface area contributed by atoms with Gasteiger partial charge in [0.2, 0.25) is 5.91 Å². The van der Waals surface area contributed by atoms with E-state index in [1.807, 2.05) is 12.1 Å². The lowest BCUT2D eigenvalue weighted by molar-refractivity contribution is -0.118. The SMILES string of the molecule is CN1C(=O)CCc2cc(C(=O)c3cccc(N)c3)ccc21. The number of hydrogen-bond acceptors (Lipinski definition) is 3. The number of nitrogen functional groups attached to an aromatic ring is 1. The zero-order valence-corrected chi connectivity index (χ0v) is 11.8. The number of hydrogen-bond donors (Lipinski definition) is 1. The highest BCUT2D eigenvalue weighted by Gasteiger charge is 2.22. The Kier molecular flexibility index (Phi) is 3.22. The van der Waals surface area contributed by atoms with Gasteiger partial charge < -0.3 is 10.6 Å². The van der Waals surface area contributed by atoms with E-state index in [2.05, 4.69) is 0 Å². The van der Waals surface area contributed by atoms with Crippen LogP contribution in [0.1, 0.15) is 27.9 Å². The summed E-state index contributed by atoms with van der Waals surface area (Å²) in [4.78, 5) is 25.8. The number of amides is 1. The Morgan fingerprint density at radius 1 is 1.10 bits per heavy atom. The average molecular weight is 280 g/mol. The van der Waals surface area contributed by atoms with Gasteiger partial charge in [0.1, 0.15) is 0 Å². The summed E-state index contributed by atoms with van der Waals surface area (Å²) in [6, 6.07) is 12.4. The molecule has 0 aliphatic carbocycles. The lowest BCUT2D eigenvalue weighted by Gasteiger charge is -2.26. The molecule has 0 radical (unpaired) electrons. The predicted octanol–water partition coefficient (Wildman–Crippen LogP) is 2.41. The molecule has 106 valence electrons. The highest BCUT2D eigenvalue weighted by molar-refractivity contribution is 6.10. The van der Waals surface area contributed by atoms with Gasteiger partial charge in [-0.2, -0.15) is 0 Å². The molecule has 2 N–H and O–H groups in total. The Morgan fingerprint density at radius 3 is 2.62 bits per heavy atom. The number of fused-ring (bicyclic) bond motifs is 1. The molecule has 2 aromatic carbocycles. The molecule has 0 unspecified atom stereocenters. The van der Waals surface area contributed by atoms with Gasteiger partial charge in [0, 0.05) is 36.0 Å². The van der Waals surface area contributed by atoms with Crippen molar-refractivity contribution in [2.75, 3.05) is 17.7 Å². The standard InChI is InChI=1S/C17H16N2O2/c1-19-15-7-5-13(9-11(15)6-8-16(19)20)17(21)12-3-2-4-14(18)10-12/h2-5,7,9-10H,6,8,18H2,1H3. The molecule has 1 heterocycles. The Morgan fingerprint density at radius 2 is 1.86 bits per heavy atom. The second kappa shape index (κ2) is 5.05. The average Bonchev–Trinajstić information content (AvgIpc) is 2.50. The summed E-state index contributed by atoms with van der Waals surface area (Å²) in [7, 11) is 1.76. The summed E-state index contributed by atoms with van der Waals surface area (Å²) < 4.78 is 0. The number of benzene rings is 2. The maximum Gasteiger partial charge on any atom is 0.227 e. The van der Waals surface area contributed by atoms with Crippen molar-refractivity contribution in [2.45, 2.75) is 12.8 Å². The molecule has 0 saturated carbocycles. The summed E-state index contributed by atoms with van der Waals surface area (Å²) >= 11 is 0. The summed E-state index contributed by atoms with van der Waals surface area (Å²) in [5.41, 5.74) is 9.42. The second-order valence-electron chi connectivity index (χ2n) is 5.25. The summed E-state index contributed by atoms with van der Waals surface area (Å²) in [5, 5.41) is 0. The fourth-order valence-corrected chi connectivity index (χ4v) is 2.64. The fraction of sp³-hybridized carbons (Fsp3) is 0.176. The van der Waals surface area contributed by atoms with Gasteiger partial charge >= 0.3 is 0 Å². The lowest BCUT2D eigenvalue weighted by Crippen LogP contribution is -2.31. The van der Waals surface area contributed by atoms with Gasteiger partial charge in [-0.25, -0.2) is 0 Å². The van der Waals surface area contributed by atoms with Crippen molar-refractivity contribution in [1.29, 1.82) is 0 Å². The van der Waals surface area contributed by atoms with E-state index in [1.54, 1.807) is 42.3 Å². The van der Waals surface area contributed by atoms with E-state index >= 15 is 0 Å². The molecule has 0 aromatic heterocycles. The third kappa shape index (κ3) is 2.40. The molecule has 1 aliphatic rings. The lowest BCUT2D eigenvalue weighted by atomic mass is 9.95. The van der Waals surface area contributed by atoms with Gasteiger partial charge in [-0.1, -0.05) is 12.1 Å². The molecule has 4 heteroatoms. The molecule has 2 aromatic rings. The minimum absolute atomic E-state index is 0.0512. The number of nitrogens with zero attached hydrogens (tertiary/aromatic N) is 1. The Balaban J connectivity index is 1.98. The van der Waals surface area contributed by atoms with Crippen LogP contribution in [0.15, 0.2) is 42.5 Å². The minimum Gasteiger partial charge on any atom is -0.399 e. The van der Waals surface area contributed by atoms with Crippen LogP contribution in [-0.2, 0) is 11.2 Å². The van der Waals surface area contributed by atoms with Gasteiger partial charge in [-0.05, 0) is 42.3 Å². The zero-order chi connectivity index (χ0) is 15.0. The van der Waals surface area contributed by atoms with Crippen molar-refractivity contribution >= 4 is 23.1 Å². The van der Waals surface area contributed by atoms with Crippen molar-refractivity contribution < 1.29 is 9.59 Å². The summed E-state index contributed by atoms with van der Waals surface area (Å²) in [6.07, 6.45) is 1.16. The van der Waals surface area contributed by atoms with Crippen molar-refractivity contribution in [3.05, 3.63) is 59.2 Å². The first-order valence-electron chi connectivity index (χ1n) is 6.86. The van der Waals surface area contributed by atoms with Gasteiger partial charge in [0.25, 0.3) is 0 Å². The molecule has 1 aliphatic heterocycles. The van der Waals surface area contributed by atoms with Crippen LogP contribution in [0.2, 0.25) is 0 Å². The monoisotopic (exact) mass is 280 g/mol. The number of aryl methyl sites for hydroxylation is 1. The van der Waals surface area contributed by atoms with Crippen molar-refractivity contribution in [3.8, 4) is 0 Å². The Bertz CT molecular complexity index is 737. The van der Waals surface area contributed by atoms with Gasteiger partial charge in [-0.3, -0.25) is 9.59 Å². The Hall–Kier alpha value is -2.62. The van der Waals surface area contributed by atoms with Gasteiger partial charge in [-0.15, -0.1) is 0 Å². The zero-order valence-electron chi connectivity index (χ0n) is 11.8. The first kappa shape index (κ1) is 13.4. The highest BCUT2D eigenvalue weighted by Crippen LogP contribution is 2.28. The first-order valence-corrected chi connectivity index (χ1v) is 6.86. The van der Waals surface area contributed by atoms with Crippen LogP contribution in [-0.4, -0.2) is 18.7 Å². The van der Waals surface area contributed by atoms with Crippen LogP contribution in [0.4, 0.5) is 11.4 Å².